The lowest BCUT2D eigenvalue weighted by molar-refractivity contribution is -0.133. The standard InChI is InChI=1S/C22H15Cl2FN2O3S/c1-9-15(22(29)30)16(11-4-2-3-5-14(11)25)17-18(26)20(31-21(17)27-9)19(28)10-6-7-12(23)13(24)8-10/h2-8,16,27H,26H2,1H3,(H,29,30). The zero-order chi connectivity index (χ0) is 22.4. The van der Waals surface area contributed by atoms with Crippen molar-refractivity contribution >= 4 is 57.0 Å². The number of aliphatic carboxylic acids is 1. The van der Waals surface area contributed by atoms with Crippen molar-refractivity contribution < 1.29 is 19.1 Å². The molecule has 0 fully saturated rings. The molecule has 1 aliphatic rings. The van der Waals surface area contributed by atoms with Gasteiger partial charge in [-0.15, -0.1) is 11.3 Å². The number of carbonyl (C=O) groups excluding carboxylic acids is 1. The van der Waals surface area contributed by atoms with Gasteiger partial charge in [-0.25, -0.2) is 9.18 Å². The van der Waals surface area contributed by atoms with Gasteiger partial charge in [0.25, 0.3) is 0 Å². The molecule has 5 nitrogen and oxygen atoms in total. The van der Waals surface area contributed by atoms with E-state index in [0.29, 0.717) is 21.3 Å². The Kier molecular flexibility index (Phi) is 5.51. The highest BCUT2D eigenvalue weighted by molar-refractivity contribution is 7.19. The van der Waals surface area contributed by atoms with E-state index < -0.39 is 17.7 Å². The van der Waals surface area contributed by atoms with Crippen molar-refractivity contribution in [3.63, 3.8) is 0 Å². The smallest absolute Gasteiger partial charge is 0.334 e. The van der Waals surface area contributed by atoms with Crippen LogP contribution in [0.2, 0.25) is 10.0 Å². The van der Waals surface area contributed by atoms with Crippen molar-refractivity contribution in [1.82, 2.24) is 0 Å². The molecule has 1 unspecified atom stereocenters. The van der Waals surface area contributed by atoms with Crippen LogP contribution in [0, 0.1) is 5.82 Å². The number of nitrogens with one attached hydrogen (secondary N) is 1. The number of rotatable bonds is 4. The molecule has 2 heterocycles. The maximum atomic E-state index is 14.7. The van der Waals surface area contributed by atoms with Gasteiger partial charge in [0.2, 0.25) is 5.78 Å². The molecule has 158 valence electrons. The van der Waals surface area contributed by atoms with Crippen molar-refractivity contribution in [3.8, 4) is 0 Å². The van der Waals surface area contributed by atoms with Crippen LogP contribution in [0.15, 0.2) is 53.7 Å². The minimum Gasteiger partial charge on any atom is -0.478 e. The van der Waals surface area contributed by atoms with E-state index in [4.69, 9.17) is 28.9 Å². The van der Waals surface area contributed by atoms with Gasteiger partial charge >= 0.3 is 5.97 Å². The fourth-order valence-corrected chi connectivity index (χ4v) is 5.15. The van der Waals surface area contributed by atoms with Gasteiger partial charge < -0.3 is 16.2 Å². The minimum absolute atomic E-state index is 0.0318. The van der Waals surface area contributed by atoms with Crippen molar-refractivity contribution in [2.45, 2.75) is 12.8 Å². The molecule has 3 aromatic rings. The molecule has 0 bridgehead atoms. The molecule has 4 N–H and O–H groups in total. The van der Waals surface area contributed by atoms with Crippen LogP contribution in [-0.2, 0) is 4.79 Å². The molecule has 1 aromatic heterocycles. The van der Waals surface area contributed by atoms with E-state index in [1.807, 2.05) is 0 Å². The predicted octanol–water partition coefficient (Wildman–Crippen LogP) is 5.92. The van der Waals surface area contributed by atoms with Crippen LogP contribution in [0.25, 0.3) is 0 Å². The van der Waals surface area contributed by atoms with Gasteiger partial charge in [-0.2, -0.15) is 0 Å². The molecule has 9 heteroatoms. The number of carbonyl (C=O) groups is 2. The van der Waals surface area contributed by atoms with Gasteiger partial charge in [0, 0.05) is 22.4 Å². The molecule has 0 aliphatic carbocycles. The Labute approximate surface area is 190 Å². The van der Waals surface area contributed by atoms with Crippen LogP contribution in [0.3, 0.4) is 0 Å². The molecule has 31 heavy (non-hydrogen) atoms. The molecule has 1 aliphatic heterocycles. The van der Waals surface area contributed by atoms with Crippen LogP contribution < -0.4 is 11.1 Å². The monoisotopic (exact) mass is 476 g/mol. The van der Waals surface area contributed by atoms with E-state index in [-0.39, 0.29) is 38.1 Å². The van der Waals surface area contributed by atoms with E-state index in [0.717, 1.165) is 11.3 Å². The Hall–Kier alpha value is -2.87. The SMILES string of the molecule is CC1=C(C(=O)O)C(c2ccccc2F)c2c(sc(C(=O)c3ccc(Cl)c(Cl)c3)c2N)N1. The van der Waals surface area contributed by atoms with Crippen LogP contribution in [-0.4, -0.2) is 16.9 Å². The zero-order valence-corrected chi connectivity index (χ0v) is 18.3. The number of hydrogen-bond acceptors (Lipinski definition) is 5. The molecule has 4 rings (SSSR count). The summed E-state index contributed by atoms with van der Waals surface area (Å²) in [5.41, 5.74) is 7.60. The summed E-state index contributed by atoms with van der Waals surface area (Å²) in [5.74, 6) is -3.12. The molecule has 0 saturated heterocycles. The second kappa shape index (κ2) is 8.00. The van der Waals surface area contributed by atoms with E-state index in [1.165, 1.54) is 36.4 Å². The Morgan fingerprint density at radius 2 is 1.87 bits per heavy atom. The summed E-state index contributed by atoms with van der Waals surface area (Å²) in [4.78, 5) is 25.4. The maximum absolute atomic E-state index is 14.7. The maximum Gasteiger partial charge on any atom is 0.334 e. The van der Waals surface area contributed by atoms with Gasteiger partial charge in [-0.05, 0) is 31.2 Å². The second-order valence-corrected chi connectivity index (χ2v) is 8.80. The third-order valence-corrected chi connectivity index (χ3v) is 6.98. The highest BCUT2D eigenvalue weighted by Gasteiger charge is 2.38. The van der Waals surface area contributed by atoms with Crippen molar-refractivity contribution in [2.75, 3.05) is 11.1 Å². The van der Waals surface area contributed by atoms with Gasteiger partial charge in [-0.3, -0.25) is 4.79 Å². The number of nitrogens with two attached hydrogens (primary N) is 1. The summed E-state index contributed by atoms with van der Waals surface area (Å²) in [6.45, 7) is 1.59. The molecule has 1 atom stereocenters. The molecule has 0 spiro atoms. The van der Waals surface area contributed by atoms with E-state index >= 15 is 0 Å². The average Bonchev–Trinajstić information content (AvgIpc) is 3.04. The van der Waals surface area contributed by atoms with Gasteiger partial charge in [0.15, 0.2) is 0 Å². The van der Waals surface area contributed by atoms with Gasteiger partial charge in [-0.1, -0.05) is 41.4 Å². The summed E-state index contributed by atoms with van der Waals surface area (Å²) in [7, 11) is 0. The third-order valence-electron chi connectivity index (χ3n) is 5.10. The molecular weight excluding hydrogens is 462 g/mol. The fraction of sp³-hybridized carbons (Fsp3) is 0.0909. The molecule has 0 amide bonds. The Balaban J connectivity index is 1.91. The number of halogens is 3. The first kappa shape index (κ1) is 21.4. The first-order valence-corrected chi connectivity index (χ1v) is 10.6. The number of carboxylic acids is 1. The van der Waals surface area contributed by atoms with Crippen LogP contribution in [0.1, 0.15) is 39.2 Å². The lowest BCUT2D eigenvalue weighted by Crippen LogP contribution is -2.23. The van der Waals surface area contributed by atoms with E-state index in [2.05, 4.69) is 5.32 Å². The predicted molar refractivity (Wildman–Crippen MR) is 121 cm³/mol. The minimum atomic E-state index is -1.20. The number of benzene rings is 2. The van der Waals surface area contributed by atoms with Crippen molar-refractivity contribution in [3.05, 3.63) is 91.2 Å². The number of ketones is 1. The normalized spacial score (nSPS) is 15.4. The van der Waals surface area contributed by atoms with Crippen LogP contribution in [0.4, 0.5) is 15.1 Å². The highest BCUT2D eigenvalue weighted by Crippen LogP contribution is 2.50. The lowest BCUT2D eigenvalue weighted by Gasteiger charge is -2.27. The topological polar surface area (TPSA) is 92.4 Å². The largest absolute Gasteiger partial charge is 0.478 e. The summed E-state index contributed by atoms with van der Waals surface area (Å²) in [5, 5.41) is 13.9. The third kappa shape index (κ3) is 3.59. The second-order valence-electron chi connectivity index (χ2n) is 6.97. The molecule has 2 aromatic carbocycles. The lowest BCUT2D eigenvalue weighted by atomic mass is 9.81. The van der Waals surface area contributed by atoms with E-state index in [9.17, 15) is 19.1 Å². The number of fused-ring (bicyclic) bond motifs is 1. The summed E-state index contributed by atoms with van der Waals surface area (Å²) in [6, 6.07) is 10.4. The average molecular weight is 477 g/mol. The van der Waals surface area contributed by atoms with Crippen molar-refractivity contribution in [1.29, 1.82) is 0 Å². The summed E-state index contributed by atoms with van der Waals surface area (Å²) < 4.78 is 14.7. The van der Waals surface area contributed by atoms with Crippen LogP contribution in [0.5, 0.6) is 0 Å². The van der Waals surface area contributed by atoms with Crippen LogP contribution >= 0.6 is 34.5 Å². The molecular formula is C22H15Cl2FN2O3S. The number of hydrogen-bond donors (Lipinski definition) is 3. The quantitative estimate of drug-likeness (QED) is 0.406. The number of thiophene rings is 1. The Morgan fingerprint density at radius 1 is 1.16 bits per heavy atom. The fourth-order valence-electron chi connectivity index (χ4n) is 3.68. The summed E-state index contributed by atoms with van der Waals surface area (Å²) >= 11 is 13.1. The Bertz CT molecular complexity index is 1290. The molecule has 0 radical (unpaired) electrons. The number of carboxylic acid groups (broad SMARTS) is 1. The zero-order valence-electron chi connectivity index (χ0n) is 16.0. The first-order chi connectivity index (χ1) is 14.7. The van der Waals surface area contributed by atoms with Gasteiger partial charge in [0.05, 0.1) is 32.2 Å². The van der Waals surface area contributed by atoms with E-state index in [1.54, 1.807) is 13.0 Å². The molecule has 0 saturated carbocycles. The number of nitrogen functional groups attached to an aromatic ring is 1. The summed E-state index contributed by atoms with van der Waals surface area (Å²) in [6.07, 6.45) is 0. The Morgan fingerprint density at radius 3 is 2.52 bits per heavy atom. The highest BCUT2D eigenvalue weighted by atomic mass is 35.5. The van der Waals surface area contributed by atoms with Gasteiger partial charge in [0.1, 0.15) is 10.7 Å². The number of allylic oxidation sites excluding steroid dienone is 1. The number of anilines is 2. The first-order valence-electron chi connectivity index (χ1n) is 9.08. The van der Waals surface area contributed by atoms with Crippen molar-refractivity contribution in [2.24, 2.45) is 0 Å².